The Labute approximate surface area is 268 Å². The van der Waals surface area contributed by atoms with Crippen LogP contribution in [0.25, 0.3) is 21.9 Å². The monoisotopic (exact) mass is 576 g/mol. The van der Waals surface area contributed by atoms with E-state index in [0.29, 0.717) is 0 Å². The standard InChI is InChI=1S/C12H10.C10H8.2C6H16N2.Li.Mn/c1-3-7-11(8-4-1)12-9-5-2-6-10-12;1-2-6-10-8-4-3-7-9(10)5-1;2*1-7(2)5-6-8(3)4;;/h1-10H;1-8H;2*5-6H2,1-4H3;;. The van der Waals surface area contributed by atoms with Crippen molar-refractivity contribution in [2.75, 3.05) is 82.6 Å². The van der Waals surface area contributed by atoms with E-state index in [-0.39, 0.29) is 35.9 Å². The molecule has 0 atom stereocenters. The summed E-state index contributed by atoms with van der Waals surface area (Å²) in [5.41, 5.74) is 2.55. The van der Waals surface area contributed by atoms with E-state index >= 15 is 0 Å². The van der Waals surface area contributed by atoms with Crippen molar-refractivity contribution in [2.24, 2.45) is 0 Å². The van der Waals surface area contributed by atoms with Crippen molar-refractivity contribution >= 4 is 29.6 Å². The van der Waals surface area contributed by atoms with Crippen LogP contribution >= 0.6 is 0 Å². The van der Waals surface area contributed by atoms with Crippen LogP contribution in [0.3, 0.4) is 0 Å². The molecule has 0 aliphatic heterocycles. The van der Waals surface area contributed by atoms with Gasteiger partial charge in [-0.2, -0.15) is 0 Å². The Morgan fingerprint density at radius 1 is 0.350 bits per heavy atom. The molecule has 0 fully saturated rings. The molecule has 4 aromatic carbocycles. The first kappa shape index (κ1) is 40.2. The number of hydrogen-bond acceptors (Lipinski definition) is 4. The number of benzene rings is 4. The Morgan fingerprint density at radius 2 is 0.550 bits per heavy atom. The van der Waals surface area contributed by atoms with Gasteiger partial charge in [0.1, 0.15) is 0 Å². The van der Waals surface area contributed by atoms with Crippen LogP contribution in [0.2, 0.25) is 0 Å². The first-order valence-corrected chi connectivity index (χ1v) is 13.3. The SMILES string of the molecule is CN(C)CCN(C)C.CN(C)CCN(C)C.[Li].[Mn].c1ccc(-c2ccccc2)cc1.c1ccc2ccccc2c1. The Kier molecular flexibility index (Phi) is 25.0. The van der Waals surface area contributed by atoms with Gasteiger partial charge in [0.25, 0.3) is 0 Å². The second-order valence-corrected chi connectivity index (χ2v) is 10.3. The predicted octanol–water partition coefficient (Wildman–Crippen LogP) is 6.03. The van der Waals surface area contributed by atoms with Crippen LogP contribution in [0.5, 0.6) is 0 Å². The van der Waals surface area contributed by atoms with Gasteiger partial charge in [0.05, 0.1) is 0 Å². The molecule has 4 rings (SSSR count). The molecule has 0 heterocycles. The van der Waals surface area contributed by atoms with Gasteiger partial charge in [-0.05, 0) is 78.3 Å². The van der Waals surface area contributed by atoms with E-state index in [1.807, 2.05) is 12.1 Å². The molecule has 4 aromatic rings. The molecule has 4 nitrogen and oxygen atoms in total. The molecule has 0 N–H and O–H groups in total. The zero-order chi connectivity index (χ0) is 28.2. The van der Waals surface area contributed by atoms with Crippen molar-refractivity contribution in [2.45, 2.75) is 0 Å². The van der Waals surface area contributed by atoms with E-state index in [1.54, 1.807) is 0 Å². The minimum Gasteiger partial charge on any atom is -0.308 e. The number of rotatable bonds is 7. The molecule has 0 spiro atoms. The molecule has 0 unspecified atom stereocenters. The van der Waals surface area contributed by atoms with Crippen molar-refractivity contribution in [3.63, 3.8) is 0 Å². The summed E-state index contributed by atoms with van der Waals surface area (Å²) in [5, 5.41) is 2.62. The summed E-state index contributed by atoms with van der Waals surface area (Å²) in [5.74, 6) is 0. The third kappa shape index (κ3) is 20.9. The molecule has 0 amide bonds. The summed E-state index contributed by atoms with van der Waals surface area (Å²) in [6, 6.07) is 37.5. The van der Waals surface area contributed by atoms with E-state index in [4.69, 9.17) is 0 Å². The third-order valence-electron chi connectivity index (χ3n) is 5.53. The molecule has 0 aliphatic carbocycles. The molecule has 40 heavy (non-hydrogen) atoms. The molecule has 0 aliphatic rings. The zero-order valence-electron chi connectivity index (χ0n) is 26.4. The van der Waals surface area contributed by atoms with Crippen molar-refractivity contribution < 1.29 is 17.1 Å². The second-order valence-electron chi connectivity index (χ2n) is 10.3. The summed E-state index contributed by atoms with van der Waals surface area (Å²) in [6.45, 7) is 4.58. The van der Waals surface area contributed by atoms with Gasteiger partial charge in [0, 0.05) is 62.1 Å². The smallest absolute Gasteiger partial charge is 0.0103 e. The first-order valence-electron chi connectivity index (χ1n) is 13.3. The molecule has 214 valence electrons. The van der Waals surface area contributed by atoms with E-state index < -0.39 is 0 Å². The van der Waals surface area contributed by atoms with Crippen LogP contribution in [0, 0.1) is 0 Å². The van der Waals surface area contributed by atoms with Gasteiger partial charge in [0.15, 0.2) is 0 Å². The summed E-state index contributed by atoms with van der Waals surface area (Å²) in [4.78, 5) is 8.72. The molecular weight excluding hydrogens is 526 g/mol. The molecule has 0 saturated heterocycles. The average Bonchev–Trinajstić information content (AvgIpc) is 2.93. The number of fused-ring (bicyclic) bond motifs is 1. The van der Waals surface area contributed by atoms with Crippen molar-refractivity contribution in [1.29, 1.82) is 0 Å². The fraction of sp³-hybridized carbons (Fsp3) is 0.353. The van der Waals surface area contributed by atoms with Gasteiger partial charge in [-0.3, -0.25) is 0 Å². The van der Waals surface area contributed by atoms with Crippen LogP contribution in [0.15, 0.2) is 109 Å². The quantitative estimate of drug-likeness (QED) is 0.249. The van der Waals surface area contributed by atoms with Gasteiger partial charge < -0.3 is 19.6 Å². The van der Waals surface area contributed by atoms with Crippen molar-refractivity contribution in [3.8, 4) is 11.1 Å². The van der Waals surface area contributed by atoms with Crippen LogP contribution in [-0.2, 0) is 17.1 Å². The van der Waals surface area contributed by atoms with Gasteiger partial charge in [0.2, 0.25) is 0 Å². The van der Waals surface area contributed by atoms with Gasteiger partial charge in [-0.25, -0.2) is 0 Å². The van der Waals surface area contributed by atoms with Crippen molar-refractivity contribution in [3.05, 3.63) is 109 Å². The maximum absolute atomic E-state index is 2.18. The maximum atomic E-state index is 2.18. The minimum atomic E-state index is 0. The number of hydrogen-bond donors (Lipinski definition) is 0. The van der Waals surface area contributed by atoms with Crippen LogP contribution in [0.4, 0.5) is 0 Å². The molecule has 0 saturated carbocycles. The first-order chi connectivity index (χ1) is 18.2. The Morgan fingerprint density at radius 3 is 0.750 bits per heavy atom. The topological polar surface area (TPSA) is 13.0 Å². The van der Waals surface area contributed by atoms with Crippen LogP contribution in [-0.4, -0.2) is 121 Å². The fourth-order valence-electron chi connectivity index (χ4n) is 3.19. The van der Waals surface area contributed by atoms with Gasteiger partial charge in [-0.15, -0.1) is 0 Å². The zero-order valence-corrected chi connectivity index (χ0v) is 27.6. The Balaban J connectivity index is 0. The van der Waals surface area contributed by atoms with Crippen LogP contribution in [0.1, 0.15) is 0 Å². The Bertz CT molecular complexity index is 956. The van der Waals surface area contributed by atoms with Crippen molar-refractivity contribution in [1.82, 2.24) is 19.6 Å². The van der Waals surface area contributed by atoms with Crippen LogP contribution < -0.4 is 0 Å². The van der Waals surface area contributed by atoms with E-state index in [2.05, 4.69) is 173 Å². The Hall–Kier alpha value is -1.90. The molecule has 6 heteroatoms. The molecular formula is C34H50LiMnN4. The van der Waals surface area contributed by atoms with Gasteiger partial charge in [-0.1, -0.05) is 109 Å². The fourth-order valence-corrected chi connectivity index (χ4v) is 3.19. The minimum absolute atomic E-state index is 0. The summed E-state index contributed by atoms with van der Waals surface area (Å²) in [6.07, 6.45) is 0. The maximum Gasteiger partial charge on any atom is 0.0103 e. The normalized spacial score (nSPS) is 9.90. The van der Waals surface area contributed by atoms with E-state index in [9.17, 15) is 0 Å². The number of nitrogens with zero attached hydrogens (tertiary/aromatic N) is 4. The van der Waals surface area contributed by atoms with E-state index in [1.165, 1.54) is 21.9 Å². The largest absolute Gasteiger partial charge is 0.308 e. The molecule has 2 radical (unpaired) electrons. The van der Waals surface area contributed by atoms with Gasteiger partial charge >= 0.3 is 0 Å². The third-order valence-corrected chi connectivity index (χ3v) is 5.53. The number of likely N-dealkylation sites (N-methyl/N-ethyl adjacent to an activating group) is 4. The summed E-state index contributed by atoms with van der Waals surface area (Å²) < 4.78 is 0. The second kappa shape index (κ2) is 24.9. The molecule has 0 bridgehead atoms. The molecule has 0 aromatic heterocycles. The summed E-state index contributed by atoms with van der Waals surface area (Å²) >= 11 is 0. The summed E-state index contributed by atoms with van der Waals surface area (Å²) in [7, 11) is 16.7. The predicted molar refractivity (Wildman–Crippen MR) is 176 cm³/mol. The average molecular weight is 577 g/mol. The van der Waals surface area contributed by atoms with E-state index in [0.717, 1.165) is 26.2 Å².